The Kier molecular flexibility index (Phi) is 4.46. The lowest BCUT2D eigenvalue weighted by Crippen LogP contribution is -2.33. The number of nitrogen functional groups attached to an aromatic ring is 1. The van der Waals surface area contributed by atoms with Gasteiger partial charge in [0.1, 0.15) is 5.75 Å². The van der Waals surface area contributed by atoms with Crippen molar-refractivity contribution in [3.05, 3.63) is 18.2 Å². The molecule has 1 unspecified atom stereocenters. The highest BCUT2D eigenvalue weighted by Gasteiger charge is 2.31. The summed E-state index contributed by atoms with van der Waals surface area (Å²) in [5, 5.41) is 10.1. The van der Waals surface area contributed by atoms with Crippen molar-refractivity contribution in [3.8, 4) is 5.75 Å². The minimum Gasteiger partial charge on any atom is -0.495 e. The summed E-state index contributed by atoms with van der Waals surface area (Å²) < 4.78 is 31.8. The molecule has 0 aliphatic carbocycles. The van der Waals surface area contributed by atoms with Crippen molar-refractivity contribution in [3.63, 3.8) is 0 Å². The fourth-order valence-electron chi connectivity index (χ4n) is 2.50. The summed E-state index contributed by atoms with van der Waals surface area (Å²) in [6.07, 6.45) is 1.67. The number of benzene rings is 1. The summed E-state index contributed by atoms with van der Waals surface area (Å²) in [5.74, 6) is 0.452. The third kappa shape index (κ3) is 3.48. The molecule has 6 nitrogen and oxygen atoms in total. The molecule has 1 aliphatic heterocycles. The number of aliphatic hydroxyl groups is 1. The van der Waals surface area contributed by atoms with Gasteiger partial charge in [-0.25, -0.2) is 8.42 Å². The smallest absolute Gasteiger partial charge is 0.243 e. The van der Waals surface area contributed by atoms with E-state index in [9.17, 15) is 13.5 Å². The molecule has 0 amide bonds. The SMILES string of the molecule is COc1ccc(S(=O)(=O)N2CCCC(C)(O)CC2)cc1N. The van der Waals surface area contributed by atoms with Crippen molar-refractivity contribution in [2.24, 2.45) is 0 Å². The van der Waals surface area contributed by atoms with Gasteiger partial charge in [0, 0.05) is 13.1 Å². The summed E-state index contributed by atoms with van der Waals surface area (Å²) in [4.78, 5) is 0.155. The Morgan fingerprint density at radius 3 is 2.67 bits per heavy atom. The molecule has 0 aromatic heterocycles. The van der Waals surface area contributed by atoms with E-state index in [-0.39, 0.29) is 4.90 Å². The van der Waals surface area contributed by atoms with Crippen molar-refractivity contribution in [1.82, 2.24) is 4.31 Å². The minimum atomic E-state index is -3.60. The van der Waals surface area contributed by atoms with Gasteiger partial charge in [0.25, 0.3) is 0 Å². The van der Waals surface area contributed by atoms with Crippen LogP contribution in [0.2, 0.25) is 0 Å². The van der Waals surface area contributed by atoms with E-state index in [1.807, 2.05) is 0 Å². The summed E-state index contributed by atoms with van der Waals surface area (Å²) in [5.41, 5.74) is 5.27. The van der Waals surface area contributed by atoms with E-state index in [2.05, 4.69) is 0 Å². The van der Waals surface area contributed by atoms with E-state index in [1.54, 1.807) is 13.0 Å². The van der Waals surface area contributed by atoms with Gasteiger partial charge >= 0.3 is 0 Å². The minimum absolute atomic E-state index is 0.155. The van der Waals surface area contributed by atoms with Gasteiger partial charge < -0.3 is 15.6 Å². The molecule has 1 aliphatic rings. The molecular formula is C14H22N2O4S. The largest absolute Gasteiger partial charge is 0.495 e. The zero-order chi connectivity index (χ0) is 15.7. The van der Waals surface area contributed by atoms with E-state index in [0.29, 0.717) is 43.8 Å². The van der Waals surface area contributed by atoms with Crippen molar-refractivity contribution >= 4 is 15.7 Å². The van der Waals surface area contributed by atoms with Crippen LogP contribution in [0, 0.1) is 0 Å². The Balaban J connectivity index is 2.27. The number of methoxy groups -OCH3 is 1. The lowest BCUT2D eigenvalue weighted by molar-refractivity contribution is 0.0465. The lowest BCUT2D eigenvalue weighted by atomic mass is 9.98. The van der Waals surface area contributed by atoms with Crippen LogP contribution in [0.5, 0.6) is 5.75 Å². The summed E-state index contributed by atoms with van der Waals surface area (Å²) in [6, 6.07) is 4.46. The maximum absolute atomic E-state index is 12.7. The quantitative estimate of drug-likeness (QED) is 0.818. The van der Waals surface area contributed by atoms with E-state index in [1.165, 1.54) is 23.5 Å². The summed E-state index contributed by atoms with van der Waals surface area (Å²) in [6.45, 7) is 2.46. The molecular weight excluding hydrogens is 292 g/mol. The molecule has 1 atom stereocenters. The van der Waals surface area contributed by atoms with E-state index >= 15 is 0 Å². The zero-order valence-electron chi connectivity index (χ0n) is 12.4. The monoisotopic (exact) mass is 314 g/mol. The number of anilines is 1. The Labute approximate surface area is 125 Å². The average molecular weight is 314 g/mol. The van der Waals surface area contributed by atoms with Crippen molar-refractivity contribution < 1.29 is 18.3 Å². The molecule has 0 saturated carbocycles. The Morgan fingerprint density at radius 2 is 2.05 bits per heavy atom. The maximum Gasteiger partial charge on any atom is 0.243 e. The molecule has 0 spiro atoms. The third-order valence-corrected chi connectivity index (χ3v) is 5.76. The second kappa shape index (κ2) is 5.82. The van der Waals surface area contributed by atoms with Gasteiger partial charge in [-0.15, -0.1) is 0 Å². The highest BCUT2D eigenvalue weighted by molar-refractivity contribution is 7.89. The highest BCUT2D eigenvalue weighted by Crippen LogP contribution is 2.29. The maximum atomic E-state index is 12.7. The second-order valence-electron chi connectivity index (χ2n) is 5.66. The van der Waals surface area contributed by atoms with Gasteiger partial charge in [0.2, 0.25) is 10.0 Å². The normalized spacial score (nSPS) is 24.5. The lowest BCUT2D eigenvalue weighted by Gasteiger charge is -2.22. The number of hydrogen-bond donors (Lipinski definition) is 2. The van der Waals surface area contributed by atoms with Gasteiger partial charge in [0.05, 0.1) is 23.3 Å². The fraction of sp³-hybridized carbons (Fsp3) is 0.571. The van der Waals surface area contributed by atoms with Gasteiger partial charge in [-0.1, -0.05) is 0 Å². The molecule has 118 valence electrons. The van der Waals surface area contributed by atoms with Crippen molar-refractivity contribution in [2.45, 2.75) is 36.7 Å². The predicted molar refractivity (Wildman–Crippen MR) is 80.6 cm³/mol. The standard InChI is InChI=1S/C14H22N2O4S/c1-14(17)6-3-8-16(9-7-14)21(18,19)11-4-5-13(20-2)12(15)10-11/h4-5,10,17H,3,6-9,15H2,1-2H3. The first-order chi connectivity index (χ1) is 9.76. The molecule has 21 heavy (non-hydrogen) atoms. The Hall–Kier alpha value is -1.31. The Morgan fingerprint density at radius 1 is 1.33 bits per heavy atom. The number of rotatable bonds is 3. The Bertz CT molecular complexity index is 613. The van der Waals surface area contributed by atoms with Gasteiger partial charge in [-0.05, 0) is 44.4 Å². The molecule has 1 fully saturated rings. The number of sulfonamides is 1. The van der Waals surface area contributed by atoms with Crippen molar-refractivity contribution in [1.29, 1.82) is 0 Å². The molecule has 1 aromatic carbocycles. The highest BCUT2D eigenvalue weighted by atomic mass is 32.2. The first-order valence-corrected chi connectivity index (χ1v) is 8.36. The molecule has 3 N–H and O–H groups in total. The van der Waals surface area contributed by atoms with Crippen molar-refractivity contribution in [2.75, 3.05) is 25.9 Å². The number of nitrogens with zero attached hydrogens (tertiary/aromatic N) is 1. The van der Waals surface area contributed by atoms with Crippen LogP contribution in [0.3, 0.4) is 0 Å². The van der Waals surface area contributed by atoms with Crippen LogP contribution in [0.25, 0.3) is 0 Å². The van der Waals surface area contributed by atoms with Gasteiger partial charge in [-0.2, -0.15) is 4.31 Å². The van der Waals surface area contributed by atoms with E-state index < -0.39 is 15.6 Å². The fourth-order valence-corrected chi connectivity index (χ4v) is 4.02. The van der Waals surface area contributed by atoms with Gasteiger partial charge in [-0.3, -0.25) is 0 Å². The number of ether oxygens (including phenoxy) is 1. The molecule has 1 saturated heterocycles. The molecule has 1 aromatic rings. The van der Waals surface area contributed by atoms with Crippen LogP contribution in [-0.4, -0.2) is 43.6 Å². The van der Waals surface area contributed by atoms with Crippen LogP contribution in [-0.2, 0) is 10.0 Å². The number of nitrogens with two attached hydrogens (primary N) is 1. The average Bonchev–Trinajstić information content (AvgIpc) is 2.60. The van der Waals surface area contributed by atoms with Crippen LogP contribution in [0.1, 0.15) is 26.2 Å². The van der Waals surface area contributed by atoms with Crippen LogP contribution in [0.15, 0.2) is 23.1 Å². The van der Waals surface area contributed by atoms with E-state index in [4.69, 9.17) is 10.5 Å². The van der Waals surface area contributed by atoms with Crippen LogP contribution >= 0.6 is 0 Å². The summed E-state index contributed by atoms with van der Waals surface area (Å²) >= 11 is 0. The first kappa shape index (κ1) is 16.1. The zero-order valence-corrected chi connectivity index (χ0v) is 13.2. The molecule has 7 heteroatoms. The van der Waals surface area contributed by atoms with Crippen LogP contribution in [0.4, 0.5) is 5.69 Å². The molecule has 0 radical (unpaired) electrons. The third-order valence-electron chi connectivity index (χ3n) is 3.86. The molecule has 0 bridgehead atoms. The first-order valence-electron chi connectivity index (χ1n) is 6.92. The second-order valence-corrected chi connectivity index (χ2v) is 7.60. The topological polar surface area (TPSA) is 92.9 Å². The van der Waals surface area contributed by atoms with E-state index in [0.717, 1.165) is 0 Å². The summed E-state index contributed by atoms with van der Waals surface area (Å²) in [7, 11) is -2.11. The van der Waals surface area contributed by atoms with Gasteiger partial charge in [0.15, 0.2) is 0 Å². The predicted octanol–water partition coefficient (Wildman–Crippen LogP) is 1.20. The number of hydrogen-bond acceptors (Lipinski definition) is 5. The molecule has 2 rings (SSSR count). The van der Waals surface area contributed by atoms with Crippen LogP contribution < -0.4 is 10.5 Å². The molecule has 1 heterocycles.